The van der Waals surface area contributed by atoms with Gasteiger partial charge >= 0.3 is 0 Å². The standard InChI is InChI=1S/C24H28N2O5/c1-4-19(26-11-14-28-15-12-26)23-21(17(2)22-20(27-3)10-13-29-22)24(25-31-23)30-16-18-8-6-5-7-9-18/h4-10,13,17,19H,1,11-12,14-16H2,2-3H3/t17?,19-/m0/s1. The number of benzene rings is 1. The second kappa shape index (κ2) is 9.85. The number of hydrogen-bond donors (Lipinski definition) is 0. The molecule has 1 fully saturated rings. The molecule has 0 amide bonds. The first-order chi connectivity index (χ1) is 15.2. The third kappa shape index (κ3) is 4.52. The van der Waals surface area contributed by atoms with Gasteiger partial charge in [0.25, 0.3) is 5.88 Å². The van der Waals surface area contributed by atoms with Crippen LogP contribution < -0.4 is 9.47 Å². The molecular weight excluding hydrogens is 396 g/mol. The zero-order chi connectivity index (χ0) is 21.6. The van der Waals surface area contributed by atoms with Gasteiger partial charge in [0, 0.05) is 19.2 Å². The average molecular weight is 424 g/mol. The van der Waals surface area contributed by atoms with Crippen molar-refractivity contribution in [1.82, 2.24) is 10.1 Å². The van der Waals surface area contributed by atoms with Gasteiger partial charge in [-0.1, -0.05) is 43.3 Å². The zero-order valence-corrected chi connectivity index (χ0v) is 18.0. The number of furan rings is 1. The molecule has 0 radical (unpaired) electrons. The minimum atomic E-state index is -0.194. The first-order valence-corrected chi connectivity index (χ1v) is 10.4. The van der Waals surface area contributed by atoms with Gasteiger partial charge in [0.2, 0.25) is 0 Å². The van der Waals surface area contributed by atoms with Crippen molar-refractivity contribution < 1.29 is 23.2 Å². The Hall–Kier alpha value is -3.03. The normalized spacial score (nSPS) is 16.6. The van der Waals surface area contributed by atoms with Crippen LogP contribution in [0.3, 0.4) is 0 Å². The largest absolute Gasteiger partial charge is 0.493 e. The minimum absolute atomic E-state index is 0.149. The Balaban J connectivity index is 1.70. The predicted octanol–water partition coefficient (Wildman–Crippen LogP) is 4.57. The first kappa shape index (κ1) is 21.2. The van der Waals surface area contributed by atoms with Crippen LogP contribution in [0, 0.1) is 0 Å². The number of hydrogen-bond acceptors (Lipinski definition) is 7. The lowest BCUT2D eigenvalue weighted by molar-refractivity contribution is 0.0204. The maximum absolute atomic E-state index is 6.11. The molecule has 3 heterocycles. The summed E-state index contributed by atoms with van der Waals surface area (Å²) in [5, 5.41) is 4.30. The Morgan fingerprint density at radius 1 is 1.16 bits per heavy atom. The smallest absolute Gasteiger partial charge is 0.258 e. The lowest BCUT2D eigenvalue weighted by Gasteiger charge is -2.31. The fourth-order valence-corrected chi connectivity index (χ4v) is 3.94. The third-order valence-electron chi connectivity index (χ3n) is 5.58. The molecule has 31 heavy (non-hydrogen) atoms. The number of nitrogens with zero attached hydrogens (tertiary/aromatic N) is 2. The molecular formula is C24H28N2O5. The van der Waals surface area contributed by atoms with Crippen LogP contribution in [0.15, 0.2) is 64.3 Å². The van der Waals surface area contributed by atoms with Gasteiger partial charge in [0.1, 0.15) is 6.61 Å². The quantitative estimate of drug-likeness (QED) is 0.466. The van der Waals surface area contributed by atoms with Crippen molar-refractivity contribution in [3.05, 3.63) is 78.0 Å². The van der Waals surface area contributed by atoms with E-state index < -0.39 is 0 Å². The van der Waals surface area contributed by atoms with E-state index in [1.165, 1.54) is 0 Å². The van der Waals surface area contributed by atoms with Crippen LogP contribution in [-0.4, -0.2) is 43.5 Å². The Morgan fingerprint density at radius 2 is 1.94 bits per heavy atom. The van der Waals surface area contributed by atoms with E-state index in [9.17, 15) is 0 Å². The van der Waals surface area contributed by atoms with E-state index in [0.29, 0.717) is 43.0 Å². The first-order valence-electron chi connectivity index (χ1n) is 10.4. The van der Waals surface area contributed by atoms with Gasteiger partial charge in [0.05, 0.1) is 44.1 Å². The number of rotatable bonds is 9. The molecule has 1 aliphatic rings. The summed E-state index contributed by atoms with van der Waals surface area (Å²) in [4.78, 5) is 2.27. The van der Waals surface area contributed by atoms with Crippen LogP contribution in [0.1, 0.15) is 41.5 Å². The predicted molar refractivity (Wildman–Crippen MR) is 115 cm³/mol. The summed E-state index contributed by atoms with van der Waals surface area (Å²) in [6, 6.07) is 11.6. The summed E-state index contributed by atoms with van der Waals surface area (Å²) in [5.74, 6) is 2.33. The highest BCUT2D eigenvalue weighted by molar-refractivity contribution is 5.43. The van der Waals surface area contributed by atoms with Crippen LogP contribution in [0.4, 0.5) is 0 Å². The fourth-order valence-electron chi connectivity index (χ4n) is 3.94. The maximum Gasteiger partial charge on any atom is 0.258 e. The Labute approximate surface area is 182 Å². The molecule has 0 bridgehead atoms. The molecule has 2 atom stereocenters. The number of methoxy groups -OCH3 is 1. The molecule has 4 rings (SSSR count). The average Bonchev–Trinajstić information content (AvgIpc) is 3.46. The number of morpholine rings is 1. The lowest BCUT2D eigenvalue weighted by Crippen LogP contribution is -2.38. The van der Waals surface area contributed by atoms with Crippen LogP contribution >= 0.6 is 0 Å². The van der Waals surface area contributed by atoms with E-state index in [1.807, 2.05) is 43.3 Å². The van der Waals surface area contributed by atoms with Gasteiger partial charge < -0.3 is 23.2 Å². The highest BCUT2D eigenvalue weighted by atomic mass is 16.5. The van der Waals surface area contributed by atoms with E-state index >= 15 is 0 Å². The second-order valence-electron chi connectivity index (χ2n) is 7.44. The summed E-state index contributed by atoms with van der Waals surface area (Å²) in [6.07, 6.45) is 3.50. The molecule has 0 N–H and O–H groups in total. The monoisotopic (exact) mass is 424 g/mol. The van der Waals surface area contributed by atoms with E-state index in [2.05, 4.69) is 16.6 Å². The zero-order valence-electron chi connectivity index (χ0n) is 18.0. The molecule has 7 nitrogen and oxygen atoms in total. The van der Waals surface area contributed by atoms with Crippen LogP contribution in [0.5, 0.6) is 11.6 Å². The van der Waals surface area contributed by atoms with E-state index in [0.717, 1.165) is 24.2 Å². The van der Waals surface area contributed by atoms with Crippen molar-refractivity contribution in [1.29, 1.82) is 0 Å². The molecule has 7 heteroatoms. The SMILES string of the molecule is C=C[C@@H](c1onc(OCc2ccccc2)c1C(C)c1occc1OC)N1CCOCC1. The van der Waals surface area contributed by atoms with E-state index in [4.69, 9.17) is 23.2 Å². The highest BCUT2D eigenvalue weighted by Crippen LogP contribution is 2.42. The van der Waals surface area contributed by atoms with E-state index in [-0.39, 0.29) is 12.0 Å². The summed E-state index contributed by atoms with van der Waals surface area (Å²) >= 11 is 0. The summed E-state index contributed by atoms with van der Waals surface area (Å²) < 4.78 is 28.7. The van der Waals surface area contributed by atoms with Gasteiger partial charge in [-0.2, -0.15) is 0 Å². The Morgan fingerprint density at radius 3 is 2.65 bits per heavy atom. The topological polar surface area (TPSA) is 70.1 Å². The molecule has 2 aromatic heterocycles. The van der Waals surface area contributed by atoms with Crippen LogP contribution in [0.25, 0.3) is 0 Å². The van der Waals surface area contributed by atoms with Gasteiger partial charge in [-0.25, -0.2) is 0 Å². The Bertz CT molecular complexity index is 975. The van der Waals surface area contributed by atoms with Crippen molar-refractivity contribution in [3.8, 4) is 11.6 Å². The van der Waals surface area contributed by atoms with Gasteiger partial charge in [-0.3, -0.25) is 4.90 Å². The van der Waals surface area contributed by atoms with Crippen LogP contribution in [-0.2, 0) is 11.3 Å². The molecule has 1 unspecified atom stereocenters. The molecule has 0 aliphatic carbocycles. The number of ether oxygens (including phenoxy) is 3. The van der Waals surface area contributed by atoms with Crippen LogP contribution in [0.2, 0.25) is 0 Å². The molecule has 164 valence electrons. The minimum Gasteiger partial charge on any atom is -0.493 e. The van der Waals surface area contributed by atoms with Crippen molar-refractivity contribution in [3.63, 3.8) is 0 Å². The second-order valence-corrected chi connectivity index (χ2v) is 7.44. The molecule has 1 saturated heterocycles. The Kier molecular flexibility index (Phi) is 6.74. The summed E-state index contributed by atoms with van der Waals surface area (Å²) in [5.41, 5.74) is 1.88. The number of aromatic nitrogens is 1. The fraction of sp³-hybridized carbons (Fsp3) is 0.375. The molecule has 1 aromatic carbocycles. The van der Waals surface area contributed by atoms with Crippen molar-refractivity contribution >= 4 is 0 Å². The maximum atomic E-state index is 6.11. The molecule has 3 aromatic rings. The van der Waals surface area contributed by atoms with Crippen molar-refractivity contribution in [2.45, 2.75) is 25.5 Å². The van der Waals surface area contributed by atoms with Gasteiger partial charge in [-0.15, -0.1) is 6.58 Å². The lowest BCUT2D eigenvalue weighted by atomic mass is 9.95. The summed E-state index contributed by atoms with van der Waals surface area (Å²) in [7, 11) is 1.63. The van der Waals surface area contributed by atoms with Crippen molar-refractivity contribution in [2.24, 2.45) is 0 Å². The molecule has 1 aliphatic heterocycles. The van der Waals surface area contributed by atoms with Crippen molar-refractivity contribution in [2.75, 3.05) is 33.4 Å². The molecule has 0 spiro atoms. The highest BCUT2D eigenvalue weighted by Gasteiger charge is 2.34. The third-order valence-corrected chi connectivity index (χ3v) is 5.58. The van der Waals surface area contributed by atoms with Gasteiger partial charge in [-0.05, 0) is 10.7 Å². The van der Waals surface area contributed by atoms with E-state index in [1.54, 1.807) is 19.4 Å². The summed E-state index contributed by atoms with van der Waals surface area (Å²) in [6.45, 7) is 9.40. The molecule has 0 saturated carbocycles. The van der Waals surface area contributed by atoms with Gasteiger partial charge in [0.15, 0.2) is 17.3 Å².